The molecule has 0 aromatic carbocycles. The summed E-state index contributed by atoms with van der Waals surface area (Å²) in [6, 6.07) is 0.603. The molecule has 0 aromatic heterocycles. The Hall–Kier alpha value is -0.650. The van der Waals surface area contributed by atoms with Gasteiger partial charge in [0.2, 0.25) is 5.91 Å². The van der Waals surface area contributed by atoms with E-state index < -0.39 is 0 Å². The second kappa shape index (κ2) is 7.22. The van der Waals surface area contributed by atoms with E-state index in [2.05, 4.69) is 17.1 Å². The molecule has 2 unspecified atom stereocenters. The number of carbonyl (C=O) groups excluding carboxylic acids is 1. The van der Waals surface area contributed by atoms with Gasteiger partial charge in [-0.3, -0.25) is 9.69 Å². The molecule has 1 aliphatic heterocycles. The van der Waals surface area contributed by atoms with E-state index in [1.165, 1.54) is 19.3 Å². The van der Waals surface area contributed by atoms with Gasteiger partial charge in [-0.1, -0.05) is 19.3 Å². The lowest BCUT2D eigenvalue weighted by Crippen LogP contribution is -2.53. The van der Waals surface area contributed by atoms with Crippen molar-refractivity contribution in [1.29, 1.82) is 0 Å². The summed E-state index contributed by atoms with van der Waals surface area (Å²) in [6.45, 7) is 3.71. The minimum absolute atomic E-state index is 0.0213. The van der Waals surface area contributed by atoms with E-state index >= 15 is 0 Å². The zero-order valence-electron chi connectivity index (χ0n) is 11.8. The summed E-state index contributed by atoms with van der Waals surface area (Å²) < 4.78 is 5.48. The van der Waals surface area contributed by atoms with Gasteiger partial charge in [-0.2, -0.15) is 0 Å². The Morgan fingerprint density at radius 2 is 2.11 bits per heavy atom. The highest BCUT2D eigenvalue weighted by Gasteiger charge is 2.27. The number of ether oxygens (including phenoxy) is 1. The van der Waals surface area contributed by atoms with Gasteiger partial charge in [0.25, 0.3) is 0 Å². The summed E-state index contributed by atoms with van der Waals surface area (Å²) in [6.07, 6.45) is 5.83. The van der Waals surface area contributed by atoms with Gasteiger partial charge >= 0.3 is 0 Å². The molecule has 2 rings (SSSR count). The van der Waals surface area contributed by atoms with Crippen LogP contribution in [0.4, 0.5) is 0 Å². The molecule has 0 spiro atoms. The number of morpholine rings is 1. The van der Waals surface area contributed by atoms with Crippen LogP contribution >= 0.6 is 0 Å². The van der Waals surface area contributed by atoms with Crippen molar-refractivity contribution in [2.45, 2.75) is 57.2 Å². The molecule has 5 nitrogen and oxygen atoms in total. The van der Waals surface area contributed by atoms with Crippen molar-refractivity contribution in [2.75, 3.05) is 26.3 Å². The molecule has 110 valence electrons. The van der Waals surface area contributed by atoms with Crippen molar-refractivity contribution in [3.05, 3.63) is 0 Å². The van der Waals surface area contributed by atoms with Crippen molar-refractivity contribution in [1.82, 2.24) is 10.2 Å². The highest BCUT2D eigenvalue weighted by atomic mass is 16.5. The Morgan fingerprint density at radius 3 is 2.79 bits per heavy atom. The summed E-state index contributed by atoms with van der Waals surface area (Å²) in [4.78, 5) is 14.2. The van der Waals surface area contributed by atoms with Crippen molar-refractivity contribution in [3.8, 4) is 0 Å². The third kappa shape index (κ3) is 4.44. The number of amides is 1. The minimum atomic E-state index is -0.154. The van der Waals surface area contributed by atoms with E-state index in [-0.39, 0.29) is 24.7 Å². The van der Waals surface area contributed by atoms with Gasteiger partial charge in [0.1, 0.15) is 0 Å². The average molecular weight is 270 g/mol. The normalized spacial score (nSPS) is 30.2. The molecule has 0 aromatic rings. The zero-order valence-corrected chi connectivity index (χ0v) is 11.8. The molecule has 5 heteroatoms. The van der Waals surface area contributed by atoms with E-state index in [4.69, 9.17) is 9.84 Å². The SMILES string of the molecule is CC1COC(CO)CN1CC(=O)NC1CCCCC1. The van der Waals surface area contributed by atoms with Crippen LogP contribution in [0.1, 0.15) is 39.0 Å². The van der Waals surface area contributed by atoms with Gasteiger partial charge in [0.05, 0.1) is 25.9 Å². The Bertz CT molecular complexity index is 292. The van der Waals surface area contributed by atoms with Crippen LogP contribution in [0.2, 0.25) is 0 Å². The quantitative estimate of drug-likeness (QED) is 0.782. The smallest absolute Gasteiger partial charge is 0.234 e. The summed E-state index contributed by atoms with van der Waals surface area (Å²) in [5, 5.41) is 12.3. The Balaban J connectivity index is 1.76. The van der Waals surface area contributed by atoms with E-state index in [0.29, 0.717) is 25.7 Å². The van der Waals surface area contributed by atoms with E-state index in [1.807, 2.05) is 0 Å². The van der Waals surface area contributed by atoms with E-state index in [9.17, 15) is 4.79 Å². The largest absolute Gasteiger partial charge is 0.394 e. The molecule has 1 aliphatic carbocycles. The Morgan fingerprint density at radius 1 is 1.37 bits per heavy atom. The summed E-state index contributed by atoms with van der Waals surface area (Å²) in [7, 11) is 0. The fourth-order valence-corrected chi connectivity index (χ4v) is 2.91. The third-order valence-electron chi connectivity index (χ3n) is 4.16. The molecule has 19 heavy (non-hydrogen) atoms. The zero-order chi connectivity index (χ0) is 13.7. The number of aliphatic hydroxyl groups excluding tert-OH is 1. The summed E-state index contributed by atoms with van der Waals surface area (Å²) >= 11 is 0. The number of nitrogens with one attached hydrogen (secondary N) is 1. The predicted octanol–water partition coefficient (Wildman–Crippen LogP) is 0.517. The van der Waals surface area contributed by atoms with Gasteiger partial charge in [-0.05, 0) is 19.8 Å². The van der Waals surface area contributed by atoms with Crippen LogP contribution in [0.5, 0.6) is 0 Å². The first-order chi connectivity index (χ1) is 9.19. The lowest BCUT2D eigenvalue weighted by Gasteiger charge is -2.37. The monoisotopic (exact) mass is 270 g/mol. The number of carbonyl (C=O) groups is 1. The molecular weight excluding hydrogens is 244 g/mol. The second-order valence-corrected chi connectivity index (χ2v) is 5.82. The highest BCUT2D eigenvalue weighted by molar-refractivity contribution is 5.78. The number of hydrogen-bond donors (Lipinski definition) is 2. The maximum absolute atomic E-state index is 12.1. The third-order valence-corrected chi connectivity index (χ3v) is 4.16. The van der Waals surface area contributed by atoms with Crippen LogP contribution in [-0.4, -0.2) is 60.4 Å². The van der Waals surface area contributed by atoms with Crippen LogP contribution in [-0.2, 0) is 9.53 Å². The first kappa shape index (κ1) is 14.8. The first-order valence-corrected chi connectivity index (χ1v) is 7.45. The molecule has 1 saturated carbocycles. The van der Waals surface area contributed by atoms with Gasteiger partial charge in [-0.25, -0.2) is 0 Å². The molecule has 2 atom stereocenters. The van der Waals surface area contributed by atoms with Crippen LogP contribution in [0.15, 0.2) is 0 Å². The highest BCUT2D eigenvalue weighted by Crippen LogP contribution is 2.17. The summed E-state index contributed by atoms with van der Waals surface area (Å²) in [5.41, 5.74) is 0. The summed E-state index contributed by atoms with van der Waals surface area (Å²) in [5.74, 6) is 0.109. The fraction of sp³-hybridized carbons (Fsp3) is 0.929. The Labute approximate surface area is 115 Å². The van der Waals surface area contributed by atoms with Crippen molar-refractivity contribution in [2.24, 2.45) is 0 Å². The molecule has 0 bridgehead atoms. The van der Waals surface area contributed by atoms with Crippen LogP contribution in [0, 0.1) is 0 Å². The van der Waals surface area contributed by atoms with Gasteiger partial charge in [0, 0.05) is 18.6 Å². The topological polar surface area (TPSA) is 61.8 Å². The second-order valence-electron chi connectivity index (χ2n) is 5.82. The number of nitrogens with zero attached hydrogens (tertiary/aromatic N) is 1. The van der Waals surface area contributed by atoms with Gasteiger partial charge < -0.3 is 15.2 Å². The van der Waals surface area contributed by atoms with Crippen LogP contribution < -0.4 is 5.32 Å². The molecular formula is C14H26N2O3. The number of rotatable bonds is 4. The van der Waals surface area contributed by atoms with Crippen molar-refractivity contribution < 1.29 is 14.6 Å². The lowest BCUT2D eigenvalue weighted by molar-refractivity contribution is -0.128. The van der Waals surface area contributed by atoms with Crippen molar-refractivity contribution >= 4 is 5.91 Å². The molecule has 1 amide bonds. The molecule has 1 heterocycles. The predicted molar refractivity (Wildman–Crippen MR) is 72.9 cm³/mol. The number of hydrogen-bond acceptors (Lipinski definition) is 4. The standard InChI is InChI=1S/C14H26N2O3/c1-11-10-19-13(9-17)7-16(11)8-14(18)15-12-5-3-2-4-6-12/h11-13,17H,2-10H2,1H3,(H,15,18). The molecule has 2 N–H and O–H groups in total. The van der Waals surface area contributed by atoms with Crippen molar-refractivity contribution in [3.63, 3.8) is 0 Å². The maximum Gasteiger partial charge on any atom is 0.234 e. The molecule has 0 radical (unpaired) electrons. The Kier molecular flexibility index (Phi) is 5.60. The minimum Gasteiger partial charge on any atom is -0.394 e. The fourth-order valence-electron chi connectivity index (χ4n) is 2.91. The maximum atomic E-state index is 12.1. The van der Waals surface area contributed by atoms with Gasteiger partial charge in [0.15, 0.2) is 0 Å². The van der Waals surface area contributed by atoms with E-state index in [0.717, 1.165) is 12.8 Å². The lowest BCUT2D eigenvalue weighted by atomic mass is 9.95. The van der Waals surface area contributed by atoms with E-state index in [1.54, 1.807) is 0 Å². The molecule has 1 saturated heterocycles. The molecule has 2 aliphatic rings. The molecule has 2 fully saturated rings. The van der Waals surface area contributed by atoms with Crippen LogP contribution in [0.3, 0.4) is 0 Å². The first-order valence-electron chi connectivity index (χ1n) is 7.45. The van der Waals surface area contributed by atoms with Gasteiger partial charge in [-0.15, -0.1) is 0 Å². The average Bonchev–Trinajstić information content (AvgIpc) is 2.42. The number of aliphatic hydroxyl groups is 1. The van der Waals surface area contributed by atoms with Crippen LogP contribution in [0.25, 0.3) is 0 Å².